The van der Waals surface area contributed by atoms with Crippen LogP contribution in [0.1, 0.15) is 18.3 Å². The highest BCUT2D eigenvalue weighted by molar-refractivity contribution is 5.65. The van der Waals surface area contributed by atoms with E-state index < -0.39 is 12.0 Å². The van der Waals surface area contributed by atoms with E-state index in [1.165, 1.54) is 6.07 Å². The first-order valence-electron chi connectivity index (χ1n) is 9.50. The average molecular weight is 405 g/mol. The van der Waals surface area contributed by atoms with Gasteiger partial charge in [-0.25, -0.2) is 0 Å². The smallest absolute Gasteiger partial charge is 0.369 e. The highest BCUT2D eigenvalue weighted by Crippen LogP contribution is 2.29. The van der Waals surface area contributed by atoms with Gasteiger partial charge in [0.1, 0.15) is 0 Å². The van der Waals surface area contributed by atoms with E-state index in [2.05, 4.69) is 43.4 Å². The van der Waals surface area contributed by atoms with Gasteiger partial charge in [-0.3, -0.25) is 0 Å². The van der Waals surface area contributed by atoms with Gasteiger partial charge in [-0.2, -0.15) is 17.7 Å². The van der Waals surface area contributed by atoms with E-state index >= 15 is 0 Å². The topological polar surface area (TPSA) is 61.6 Å². The maximum Gasteiger partial charge on any atom is 0.453 e. The van der Waals surface area contributed by atoms with Crippen LogP contribution in [0.25, 0.3) is 5.65 Å². The second-order valence-electron chi connectivity index (χ2n) is 7.06. The van der Waals surface area contributed by atoms with Crippen molar-refractivity contribution in [1.29, 1.82) is 0 Å². The van der Waals surface area contributed by atoms with Gasteiger partial charge in [-0.15, -0.1) is 15.3 Å². The molecule has 0 amide bonds. The van der Waals surface area contributed by atoms with E-state index in [0.29, 0.717) is 4.52 Å². The number of nitrogens with zero attached hydrogens (tertiary/aromatic N) is 6. The lowest BCUT2D eigenvalue weighted by Crippen LogP contribution is -2.46. The van der Waals surface area contributed by atoms with Crippen LogP contribution < -0.4 is 10.2 Å². The normalized spacial score (nSPS) is 15.8. The number of halogens is 3. The summed E-state index contributed by atoms with van der Waals surface area (Å²) in [5.41, 5.74) is 2.96. The molecule has 1 aliphatic heterocycles. The number of nitrogens with one attached hydrogen (secondary N) is 1. The van der Waals surface area contributed by atoms with Gasteiger partial charge >= 0.3 is 6.18 Å². The molecule has 3 heterocycles. The first kappa shape index (κ1) is 19.4. The number of hydrogen-bond acceptors (Lipinski definition) is 6. The summed E-state index contributed by atoms with van der Waals surface area (Å²) >= 11 is 0. The molecule has 7 nitrogen and oxygen atoms in total. The zero-order valence-corrected chi connectivity index (χ0v) is 16.2. The fourth-order valence-corrected chi connectivity index (χ4v) is 3.48. The van der Waals surface area contributed by atoms with Crippen molar-refractivity contribution in [3.63, 3.8) is 0 Å². The molecule has 10 heteroatoms. The van der Waals surface area contributed by atoms with E-state index in [1.54, 1.807) is 6.07 Å². The molecule has 1 saturated heterocycles. The quantitative estimate of drug-likeness (QED) is 0.719. The van der Waals surface area contributed by atoms with Crippen LogP contribution in [0.3, 0.4) is 0 Å². The van der Waals surface area contributed by atoms with Crippen LogP contribution in [-0.4, -0.2) is 57.4 Å². The molecule has 2 aromatic heterocycles. The summed E-state index contributed by atoms with van der Waals surface area (Å²) in [7, 11) is 0. The zero-order valence-electron chi connectivity index (χ0n) is 16.2. The summed E-state index contributed by atoms with van der Waals surface area (Å²) in [5.74, 6) is -0.857. The molecule has 0 bridgehead atoms. The number of hydrogen-bond donors (Lipinski definition) is 1. The molecule has 3 aromatic rings. The standard InChI is InChI=1S/C19H22F3N7/c1-3-27-8-10-28(11-9-27)14-4-5-15(13(2)12-14)23-16-6-7-17-24-25-18(19(20,21)22)29(17)26-16/h4-7,12H,3,8-11H2,1-2H3,(H,23,26). The van der Waals surface area contributed by atoms with Gasteiger partial charge in [0, 0.05) is 37.6 Å². The lowest BCUT2D eigenvalue weighted by molar-refractivity contribution is -0.146. The number of fused-ring (bicyclic) bond motifs is 1. The van der Waals surface area contributed by atoms with Crippen molar-refractivity contribution in [2.45, 2.75) is 20.0 Å². The molecular formula is C19H22F3N7. The number of alkyl halides is 3. The van der Waals surface area contributed by atoms with Crippen molar-refractivity contribution in [3.05, 3.63) is 41.7 Å². The minimum atomic E-state index is -4.62. The SMILES string of the molecule is CCN1CCN(c2ccc(Nc3ccc4nnc(C(F)(F)F)n4n3)c(C)c2)CC1. The number of aromatic nitrogens is 4. The number of benzene rings is 1. The van der Waals surface area contributed by atoms with Gasteiger partial charge < -0.3 is 15.1 Å². The minimum absolute atomic E-state index is 0.0427. The summed E-state index contributed by atoms with van der Waals surface area (Å²) in [6.07, 6.45) is -4.62. The van der Waals surface area contributed by atoms with Crippen LogP contribution >= 0.6 is 0 Å². The Labute approximate surface area is 166 Å². The molecule has 0 unspecified atom stereocenters. The number of anilines is 3. The third-order valence-electron chi connectivity index (χ3n) is 5.17. The van der Waals surface area contributed by atoms with E-state index in [1.807, 2.05) is 19.1 Å². The second kappa shape index (κ2) is 7.51. The Balaban J connectivity index is 1.54. The van der Waals surface area contributed by atoms with Crippen LogP contribution in [-0.2, 0) is 6.18 Å². The lowest BCUT2D eigenvalue weighted by Gasteiger charge is -2.35. The zero-order chi connectivity index (χ0) is 20.6. The Morgan fingerprint density at radius 1 is 1.03 bits per heavy atom. The number of aryl methyl sites for hydroxylation is 1. The predicted molar refractivity (Wildman–Crippen MR) is 105 cm³/mol. The molecular weight excluding hydrogens is 383 g/mol. The molecule has 0 aliphatic carbocycles. The van der Waals surface area contributed by atoms with Crippen LogP contribution in [0.5, 0.6) is 0 Å². The highest BCUT2D eigenvalue weighted by Gasteiger charge is 2.37. The molecule has 0 spiro atoms. The first-order valence-corrected chi connectivity index (χ1v) is 9.50. The van der Waals surface area contributed by atoms with Crippen LogP contribution in [0.2, 0.25) is 0 Å². The molecule has 1 fully saturated rings. The molecule has 1 aliphatic rings. The van der Waals surface area contributed by atoms with Gasteiger partial charge in [-0.05, 0) is 49.4 Å². The summed E-state index contributed by atoms with van der Waals surface area (Å²) < 4.78 is 39.9. The summed E-state index contributed by atoms with van der Waals surface area (Å²) in [6.45, 7) is 9.24. The molecule has 1 N–H and O–H groups in total. The van der Waals surface area contributed by atoms with Crippen molar-refractivity contribution < 1.29 is 13.2 Å². The van der Waals surface area contributed by atoms with E-state index in [-0.39, 0.29) is 11.5 Å². The number of likely N-dealkylation sites (N-methyl/N-ethyl adjacent to an activating group) is 1. The van der Waals surface area contributed by atoms with Crippen molar-refractivity contribution in [2.75, 3.05) is 42.9 Å². The molecule has 29 heavy (non-hydrogen) atoms. The average Bonchev–Trinajstić information content (AvgIpc) is 3.13. The molecule has 0 radical (unpaired) electrons. The molecule has 0 saturated carbocycles. The lowest BCUT2D eigenvalue weighted by atomic mass is 10.1. The van der Waals surface area contributed by atoms with Gasteiger partial charge in [0.2, 0.25) is 0 Å². The maximum absolute atomic E-state index is 13.1. The third-order valence-corrected chi connectivity index (χ3v) is 5.17. The molecule has 0 atom stereocenters. The number of rotatable bonds is 4. The summed E-state index contributed by atoms with van der Waals surface area (Å²) in [5, 5.41) is 13.8. The van der Waals surface area contributed by atoms with Crippen LogP contribution in [0, 0.1) is 6.92 Å². The monoisotopic (exact) mass is 405 g/mol. The van der Waals surface area contributed by atoms with E-state index in [9.17, 15) is 13.2 Å². The molecule has 4 rings (SSSR count). The Morgan fingerprint density at radius 2 is 1.79 bits per heavy atom. The Bertz CT molecular complexity index is 1010. The van der Waals surface area contributed by atoms with Crippen molar-refractivity contribution in [1.82, 2.24) is 24.7 Å². The Hall–Kier alpha value is -2.88. The van der Waals surface area contributed by atoms with Gasteiger partial charge in [-0.1, -0.05) is 6.92 Å². The summed E-state index contributed by atoms with van der Waals surface area (Å²) in [4.78, 5) is 4.77. The van der Waals surface area contributed by atoms with E-state index in [4.69, 9.17) is 0 Å². The Morgan fingerprint density at radius 3 is 2.45 bits per heavy atom. The van der Waals surface area contributed by atoms with E-state index in [0.717, 1.165) is 49.7 Å². The first-order chi connectivity index (χ1) is 13.8. The Kier molecular flexibility index (Phi) is 5.03. The van der Waals surface area contributed by atoms with Gasteiger partial charge in [0.25, 0.3) is 5.82 Å². The van der Waals surface area contributed by atoms with Crippen LogP contribution in [0.4, 0.5) is 30.4 Å². The fourth-order valence-electron chi connectivity index (χ4n) is 3.48. The minimum Gasteiger partial charge on any atom is -0.369 e. The van der Waals surface area contributed by atoms with Gasteiger partial charge in [0.05, 0.1) is 0 Å². The largest absolute Gasteiger partial charge is 0.453 e. The highest BCUT2D eigenvalue weighted by atomic mass is 19.4. The predicted octanol–water partition coefficient (Wildman–Crippen LogP) is 3.34. The van der Waals surface area contributed by atoms with Crippen molar-refractivity contribution >= 4 is 22.8 Å². The fraction of sp³-hybridized carbons (Fsp3) is 0.421. The molecule has 154 valence electrons. The number of piperazine rings is 1. The van der Waals surface area contributed by atoms with Gasteiger partial charge in [0.15, 0.2) is 11.5 Å². The third kappa shape index (κ3) is 3.98. The maximum atomic E-state index is 13.1. The van der Waals surface area contributed by atoms with Crippen LogP contribution in [0.15, 0.2) is 30.3 Å². The summed E-state index contributed by atoms with van der Waals surface area (Å²) in [6, 6.07) is 9.08. The van der Waals surface area contributed by atoms with Crippen molar-refractivity contribution in [2.24, 2.45) is 0 Å². The molecule has 1 aromatic carbocycles. The van der Waals surface area contributed by atoms with Crippen molar-refractivity contribution in [3.8, 4) is 0 Å². The second-order valence-corrected chi connectivity index (χ2v) is 7.06.